The molecular formula is C18H40Li2. The Morgan fingerprint density at radius 1 is 0.350 bits per heavy atom. The number of hydrogen-bond acceptors (Lipinski definition) is 0. The summed E-state index contributed by atoms with van der Waals surface area (Å²) >= 11 is 0. The van der Waals surface area contributed by atoms with Crippen LogP contribution in [0.15, 0.2) is 0 Å². The average molecular weight is 270 g/mol. The minimum atomic E-state index is 0. The van der Waals surface area contributed by atoms with Gasteiger partial charge in [-0.2, -0.15) is 0 Å². The molecule has 0 fully saturated rings. The summed E-state index contributed by atoms with van der Waals surface area (Å²) in [6.45, 7) is 4.59. The predicted octanol–water partition coefficient (Wildman–Crippen LogP) is 1.50. The summed E-state index contributed by atoms with van der Waals surface area (Å²) in [6.07, 6.45) is 23.4. The fourth-order valence-electron chi connectivity index (χ4n) is 2.62. The maximum atomic E-state index is 2.29. The first-order valence-electron chi connectivity index (χ1n) is 8.91. The summed E-state index contributed by atoms with van der Waals surface area (Å²) in [5, 5.41) is 0. The van der Waals surface area contributed by atoms with Gasteiger partial charge in [0.05, 0.1) is 0 Å². The Morgan fingerprint density at radius 3 is 0.650 bits per heavy atom. The van der Waals surface area contributed by atoms with E-state index in [1.54, 1.807) is 0 Å². The molecule has 0 bridgehead atoms. The van der Waals surface area contributed by atoms with Gasteiger partial charge in [-0.1, -0.05) is 117 Å². The molecule has 0 atom stereocenters. The number of hydrogen-bond donors (Lipinski definition) is 0. The normalized spacial score (nSPS) is 9.90. The van der Waals surface area contributed by atoms with Crippen LogP contribution in [0, 0.1) is 0 Å². The van der Waals surface area contributed by atoms with Crippen molar-refractivity contribution < 1.29 is 40.6 Å². The standard InChI is InChI=1S/C18H38.2Li.2H/c1-3-5-7-9-11-13-15-17-18-16-14-12-10-8-6-4-2;;;;/h3-18H2,1-2H3;;;;/q;2*+1;2*-1. The van der Waals surface area contributed by atoms with E-state index in [-0.39, 0.29) is 40.6 Å². The molecule has 0 aliphatic rings. The summed E-state index contributed by atoms with van der Waals surface area (Å²) in [5.74, 6) is 0. The van der Waals surface area contributed by atoms with Crippen molar-refractivity contribution in [1.29, 1.82) is 0 Å². The molecule has 0 aromatic rings. The molecule has 0 aromatic carbocycles. The van der Waals surface area contributed by atoms with Gasteiger partial charge in [-0.15, -0.1) is 0 Å². The monoisotopic (exact) mass is 270 g/mol. The molecule has 0 unspecified atom stereocenters. The van der Waals surface area contributed by atoms with Gasteiger partial charge < -0.3 is 2.85 Å². The van der Waals surface area contributed by atoms with Crippen LogP contribution < -0.4 is 37.7 Å². The molecule has 114 valence electrons. The van der Waals surface area contributed by atoms with Crippen molar-refractivity contribution in [2.24, 2.45) is 0 Å². The van der Waals surface area contributed by atoms with E-state index in [1.807, 2.05) is 0 Å². The van der Waals surface area contributed by atoms with Crippen LogP contribution in [0.5, 0.6) is 0 Å². The molecule has 20 heavy (non-hydrogen) atoms. The molecule has 0 spiro atoms. The molecular weight excluding hydrogens is 230 g/mol. The molecule has 2 heteroatoms. The van der Waals surface area contributed by atoms with Crippen molar-refractivity contribution in [1.82, 2.24) is 0 Å². The van der Waals surface area contributed by atoms with Crippen molar-refractivity contribution in [3.63, 3.8) is 0 Å². The Bertz CT molecular complexity index is 131. The summed E-state index contributed by atoms with van der Waals surface area (Å²) in [7, 11) is 0. The van der Waals surface area contributed by atoms with E-state index in [4.69, 9.17) is 0 Å². The Labute approximate surface area is 157 Å². The van der Waals surface area contributed by atoms with Gasteiger partial charge in [0.25, 0.3) is 0 Å². The average Bonchev–Trinajstić information content (AvgIpc) is 2.39. The van der Waals surface area contributed by atoms with E-state index in [0.717, 1.165) is 0 Å². The van der Waals surface area contributed by atoms with Gasteiger partial charge in [0.15, 0.2) is 0 Å². The number of unbranched alkanes of at least 4 members (excludes halogenated alkanes) is 15. The van der Waals surface area contributed by atoms with Crippen LogP contribution in [0.4, 0.5) is 0 Å². The summed E-state index contributed by atoms with van der Waals surface area (Å²) in [6, 6.07) is 0. The zero-order valence-electron chi connectivity index (χ0n) is 17.3. The third-order valence-electron chi connectivity index (χ3n) is 3.96. The molecule has 0 saturated heterocycles. The summed E-state index contributed by atoms with van der Waals surface area (Å²) in [4.78, 5) is 0. The number of rotatable bonds is 15. The van der Waals surface area contributed by atoms with Gasteiger partial charge in [-0.3, -0.25) is 0 Å². The molecule has 0 amide bonds. The zero-order chi connectivity index (χ0) is 13.3. The maximum Gasteiger partial charge on any atom is 1.00 e. The van der Waals surface area contributed by atoms with Gasteiger partial charge >= 0.3 is 37.7 Å². The van der Waals surface area contributed by atoms with Crippen molar-refractivity contribution in [3.05, 3.63) is 0 Å². The summed E-state index contributed by atoms with van der Waals surface area (Å²) in [5.41, 5.74) is 0. The first-order valence-corrected chi connectivity index (χ1v) is 8.91. The Balaban J connectivity index is -0.000000241. The van der Waals surface area contributed by atoms with E-state index in [9.17, 15) is 0 Å². The van der Waals surface area contributed by atoms with Crippen LogP contribution in [0.1, 0.15) is 119 Å². The van der Waals surface area contributed by atoms with Gasteiger partial charge in [0.1, 0.15) is 0 Å². The maximum absolute atomic E-state index is 2.29. The fourth-order valence-corrected chi connectivity index (χ4v) is 2.62. The minimum Gasteiger partial charge on any atom is -1.00 e. The molecule has 0 N–H and O–H groups in total. The third kappa shape index (κ3) is 24.2. The van der Waals surface area contributed by atoms with Crippen molar-refractivity contribution >= 4 is 0 Å². The second-order valence-electron chi connectivity index (χ2n) is 5.95. The van der Waals surface area contributed by atoms with E-state index in [2.05, 4.69) is 13.8 Å². The van der Waals surface area contributed by atoms with E-state index >= 15 is 0 Å². The van der Waals surface area contributed by atoms with Crippen LogP contribution in [-0.2, 0) is 0 Å². The van der Waals surface area contributed by atoms with Crippen LogP contribution in [0.25, 0.3) is 0 Å². The largest absolute Gasteiger partial charge is 1.00 e. The molecule has 0 aromatic heterocycles. The van der Waals surface area contributed by atoms with Gasteiger partial charge in [-0.05, 0) is 0 Å². The Morgan fingerprint density at radius 2 is 0.500 bits per heavy atom. The van der Waals surface area contributed by atoms with Gasteiger partial charge in [0.2, 0.25) is 0 Å². The SMILES string of the molecule is CCCCCCCCCCCCCCCCCC.[H-].[H-].[Li+].[Li+]. The topological polar surface area (TPSA) is 0 Å². The van der Waals surface area contributed by atoms with Crippen LogP contribution in [0.2, 0.25) is 0 Å². The molecule has 0 nitrogen and oxygen atoms in total. The van der Waals surface area contributed by atoms with Crippen LogP contribution in [0.3, 0.4) is 0 Å². The van der Waals surface area contributed by atoms with Crippen molar-refractivity contribution in [2.45, 2.75) is 117 Å². The first-order chi connectivity index (χ1) is 8.91. The van der Waals surface area contributed by atoms with Crippen molar-refractivity contribution in [3.8, 4) is 0 Å². The van der Waals surface area contributed by atoms with E-state index in [0.29, 0.717) is 0 Å². The second kappa shape index (κ2) is 25.2. The first kappa shape index (κ1) is 26.1. The molecule has 0 radical (unpaired) electrons. The molecule has 0 aliphatic heterocycles. The smallest absolute Gasteiger partial charge is 1.00 e. The van der Waals surface area contributed by atoms with Crippen LogP contribution >= 0.6 is 0 Å². The molecule has 0 rings (SSSR count). The predicted molar refractivity (Wildman–Crippen MR) is 87.4 cm³/mol. The van der Waals surface area contributed by atoms with Gasteiger partial charge in [-0.25, -0.2) is 0 Å². The molecule has 0 saturated carbocycles. The van der Waals surface area contributed by atoms with Crippen LogP contribution in [-0.4, -0.2) is 0 Å². The molecule has 0 aliphatic carbocycles. The third-order valence-corrected chi connectivity index (χ3v) is 3.96. The summed E-state index contributed by atoms with van der Waals surface area (Å²) < 4.78 is 0. The Kier molecular flexibility index (Phi) is 32.9. The minimum absolute atomic E-state index is 0. The molecule has 0 heterocycles. The van der Waals surface area contributed by atoms with Crippen molar-refractivity contribution in [2.75, 3.05) is 0 Å². The fraction of sp³-hybridized carbons (Fsp3) is 1.00. The quantitative estimate of drug-likeness (QED) is 0.312. The zero-order valence-corrected chi connectivity index (χ0v) is 15.3. The second-order valence-corrected chi connectivity index (χ2v) is 5.95. The van der Waals surface area contributed by atoms with E-state index < -0.39 is 0 Å². The Hall–Kier alpha value is 1.19. The van der Waals surface area contributed by atoms with E-state index in [1.165, 1.54) is 103 Å². The van der Waals surface area contributed by atoms with Gasteiger partial charge in [0, 0.05) is 0 Å².